The first kappa shape index (κ1) is 16.5. The quantitative estimate of drug-likeness (QED) is 0.932. The highest BCUT2D eigenvalue weighted by molar-refractivity contribution is 7.89. The fourth-order valence-corrected chi connectivity index (χ4v) is 5.67. The molecule has 1 aliphatic heterocycles. The fourth-order valence-electron chi connectivity index (χ4n) is 3.57. The predicted octanol–water partition coefficient (Wildman–Crippen LogP) is 2.25. The molecule has 23 heavy (non-hydrogen) atoms. The van der Waals surface area contributed by atoms with E-state index in [9.17, 15) is 8.42 Å². The molecule has 0 bridgehead atoms. The Bertz CT molecular complexity index is 809. The first-order valence-electron chi connectivity index (χ1n) is 8.25. The van der Waals surface area contributed by atoms with Crippen LogP contribution in [0.2, 0.25) is 0 Å². The van der Waals surface area contributed by atoms with Gasteiger partial charge in [0.25, 0.3) is 0 Å². The van der Waals surface area contributed by atoms with E-state index >= 15 is 0 Å². The minimum atomic E-state index is -3.50. The topological polar surface area (TPSA) is 54.3 Å². The molecule has 2 aromatic rings. The van der Waals surface area contributed by atoms with E-state index in [0.29, 0.717) is 18.0 Å². The van der Waals surface area contributed by atoms with Gasteiger partial charge < -0.3 is 9.88 Å². The first-order chi connectivity index (χ1) is 11.0. The van der Waals surface area contributed by atoms with Crippen molar-refractivity contribution in [2.75, 3.05) is 19.6 Å². The van der Waals surface area contributed by atoms with E-state index in [2.05, 4.69) is 12.2 Å². The van der Waals surface area contributed by atoms with Gasteiger partial charge in [-0.15, -0.1) is 0 Å². The standard InChI is InChI=1S/C17H25N3O2S/c1-4-7-14-12-18-10-11-20(14)23(21,22)17-13(2)19(3)16-9-6-5-8-15(16)17/h5-6,8-9,14,18H,4,7,10-12H2,1-3H3. The van der Waals surface area contributed by atoms with Crippen LogP contribution in [-0.4, -0.2) is 43.0 Å². The van der Waals surface area contributed by atoms with Crippen LogP contribution >= 0.6 is 0 Å². The third kappa shape index (κ3) is 2.69. The zero-order chi connectivity index (χ0) is 16.6. The largest absolute Gasteiger partial charge is 0.347 e. The lowest BCUT2D eigenvalue weighted by molar-refractivity contribution is 0.254. The summed E-state index contributed by atoms with van der Waals surface area (Å²) in [5.41, 5.74) is 1.77. The highest BCUT2D eigenvalue weighted by Crippen LogP contribution is 2.32. The molecule has 0 saturated carbocycles. The van der Waals surface area contributed by atoms with Crippen molar-refractivity contribution in [2.45, 2.75) is 37.6 Å². The highest BCUT2D eigenvalue weighted by Gasteiger charge is 2.36. The number of nitrogens with zero attached hydrogens (tertiary/aromatic N) is 2. The van der Waals surface area contributed by atoms with E-state index in [4.69, 9.17) is 0 Å². The summed E-state index contributed by atoms with van der Waals surface area (Å²) in [6, 6.07) is 7.77. The third-order valence-electron chi connectivity index (χ3n) is 4.83. The van der Waals surface area contributed by atoms with Gasteiger partial charge >= 0.3 is 0 Å². The van der Waals surface area contributed by atoms with Crippen molar-refractivity contribution in [2.24, 2.45) is 7.05 Å². The summed E-state index contributed by atoms with van der Waals surface area (Å²) in [6.07, 6.45) is 1.86. The van der Waals surface area contributed by atoms with Crippen molar-refractivity contribution in [1.82, 2.24) is 14.2 Å². The van der Waals surface area contributed by atoms with Gasteiger partial charge in [-0.25, -0.2) is 8.42 Å². The Morgan fingerprint density at radius 1 is 1.30 bits per heavy atom. The second-order valence-electron chi connectivity index (χ2n) is 6.25. The lowest BCUT2D eigenvalue weighted by atomic mass is 10.1. The van der Waals surface area contributed by atoms with Crippen LogP contribution in [0.15, 0.2) is 29.2 Å². The number of hydrogen-bond donors (Lipinski definition) is 1. The van der Waals surface area contributed by atoms with Crippen molar-refractivity contribution in [1.29, 1.82) is 0 Å². The zero-order valence-electron chi connectivity index (χ0n) is 14.0. The number of sulfonamides is 1. The van der Waals surface area contributed by atoms with Crippen LogP contribution in [0.3, 0.4) is 0 Å². The van der Waals surface area contributed by atoms with Gasteiger partial charge in [0, 0.05) is 49.3 Å². The van der Waals surface area contributed by atoms with Gasteiger partial charge in [-0.2, -0.15) is 4.31 Å². The van der Waals surface area contributed by atoms with E-state index in [0.717, 1.165) is 36.0 Å². The summed E-state index contributed by atoms with van der Waals surface area (Å²) in [6.45, 7) is 5.97. The molecule has 1 saturated heterocycles. The number of aryl methyl sites for hydroxylation is 1. The summed E-state index contributed by atoms with van der Waals surface area (Å²) >= 11 is 0. The Hall–Kier alpha value is -1.37. The minimum Gasteiger partial charge on any atom is -0.347 e. The van der Waals surface area contributed by atoms with Gasteiger partial charge in [0.15, 0.2) is 0 Å². The lowest BCUT2D eigenvalue weighted by Crippen LogP contribution is -2.53. The zero-order valence-corrected chi connectivity index (χ0v) is 14.9. The third-order valence-corrected chi connectivity index (χ3v) is 6.96. The average molecular weight is 335 g/mol. The van der Waals surface area contributed by atoms with E-state index in [1.165, 1.54) is 0 Å². The molecule has 1 atom stereocenters. The second-order valence-corrected chi connectivity index (χ2v) is 8.08. The number of nitrogens with one attached hydrogen (secondary N) is 1. The van der Waals surface area contributed by atoms with Crippen LogP contribution in [0, 0.1) is 6.92 Å². The van der Waals surface area contributed by atoms with Crippen molar-refractivity contribution < 1.29 is 8.42 Å². The van der Waals surface area contributed by atoms with Gasteiger partial charge in [-0.3, -0.25) is 0 Å². The lowest BCUT2D eigenvalue weighted by Gasteiger charge is -2.35. The van der Waals surface area contributed by atoms with Crippen molar-refractivity contribution >= 4 is 20.9 Å². The van der Waals surface area contributed by atoms with Crippen LogP contribution in [-0.2, 0) is 17.1 Å². The van der Waals surface area contributed by atoms with Gasteiger partial charge in [0.2, 0.25) is 10.0 Å². The molecule has 1 N–H and O–H groups in total. The SMILES string of the molecule is CCCC1CNCCN1S(=O)(=O)c1c(C)n(C)c2ccccc12. The molecular weight excluding hydrogens is 310 g/mol. The number of piperazine rings is 1. The Balaban J connectivity index is 2.14. The van der Waals surface area contributed by atoms with Crippen molar-refractivity contribution in [3.8, 4) is 0 Å². The van der Waals surface area contributed by atoms with Crippen LogP contribution < -0.4 is 5.32 Å². The first-order valence-corrected chi connectivity index (χ1v) is 9.69. The monoisotopic (exact) mass is 335 g/mol. The van der Waals surface area contributed by atoms with Crippen LogP contribution in [0.5, 0.6) is 0 Å². The van der Waals surface area contributed by atoms with Crippen molar-refractivity contribution in [3.63, 3.8) is 0 Å². The summed E-state index contributed by atoms with van der Waals surface area (Å²) in [7, 11) is -1.57. The Morgan fingerprint density at radius 3 is 2.78 bits per heavy atom. The Morgan fingerprint density at radius 2 is 2.04 bits per heavy atom. The maximum atomic E-state index is 13.4. The maximum Gasteiger partial charge on any atom is 0.245 e. The average Bonchev–Trinajstić information content (AvgIpc) is 2.80. The molecule has 1 aliphatic rings. The molecule has 1 fully saturated rings. The molecule has 2 heterocycles. The number of aromatic nitrogens is 1. The molecule has 0 spiro atoms. The van der Waals surface area contributed by atoms with Gasteiger partial charge in [-0.05, 0) is 19.4 Å². The number of hydrogen-bond acceptors (Lipinski definition) is 3. The van der Waals surface area contributed by atoms with Crippen LogP contribution in [0.4, 0.5) is 0 Å². The summed E-state index contributed by atoms with van der Waals surface area (Å²) in [5, 5.41) is 4.14. The smallest absolute Gasteiger partial charge is 0.245 e. The van der Waals surface area contributed by atoms with Gasteiger partial charge in [0.1, 0.15) is 4.90 Å². The number of benzene rings is 1. The highest BCUT2D eigenvalue weighted by atomic mass is 32.2. The number of fused-ring (bicyclic) bond motifs is 1. The molecule has 3 rings (SSSR count). The van der Waals surface area contributed by atoms with E-state index in [-0.39, 0.29) is 6.04 Å². The minimum absolute atomic E-state index is 0.0390. The predicted molar refractivity (Wildman–Crippen MR) is 93.1 cm³/mol. The normalized spacial score (nSPS) is 20.2. The van der Waals surface area contributed by atoms with E-state index in [1.807, 2.05) is 42.8 Å². The Kier molecular flexibility index (Phi) is 4.49. The van der Waals surface area contributed by atoms with Gasteiger partial charge in [-0.1, -0.05) is 31.5 Å². The van der Waals surface area contributed by atoms with Crippen molar-refractivity contribution in [3.05, 3.63) is 30.0 Å². The maximum absolute atomic E-state index is 13.4. The molecule has 1 aromatic carbocycles. The van der Waals surface area contributed by atoms with Crippen LogP contribution in [0.1, 0.15) is 25.5 Å². The Labute approximate surface area is 138 Å². The van der Waals surface area contributed by atoms with E-state index in [1.54, 1.807) is 4.31 Å². The van der Waals surface area contributed by atoms with Gasteiger partial charge in [0.05, 0.1) is 0 Å². The van der Waals surface area contributed by atoms with E-state index < -0.39 is 10.0 Å². The second kappa shape index (κ2) is 6.26. The molecule has 1 aromatic heterocycles. The summed E-state index contributed by atoms with van der Waals surface area (Å²) in [4.78, 5) is 0.471. The summed E-state index contributed by atoms with van der Waals surface area (Å²) < 4.78 is 30.5. The molecule has 1 unspecified atom stereocenters. The molecule has 0 aliphatic carbocycles. The van der Waals surface area contributed by atoms with Crippen LogP contribution in [0.25, 0.3) is 10.9 Å². The number of rotatable bonds is 4. The fraction of sp³-hybridized carbons (Fsp3) is 0.529. The molecule has 0 radical (unpaired) electrons. The number of para-hydroxylation sites is 1. The summed E-state index contributed by atoms with van der Waals surface area (Å²) in [5.74, 6) is 0. The molecule has 126 valence electrons. The molecular formula is C17H25N3O2S. The molecule has 5 nitrogen and oxygen atoms in total. The molecule has 0 amide bonds. The molecule has 6 heteroatoms.